The molecule has 0 atom stereocenters. The summed E-state index contributed by atoms with van der Waals surface area (Å²) in [7, 11) is 1.86. The first-order valence-corrected chi connectivity index (χ1v) is 9.33. The number of nitrogens with zero attached hydrogens (tertiary/aromatic N) is 2. The Hall–Kier alpha value is -2.35. The Balaban J connectivity index is 2.68. The summed E-state index contributed by atoms with van der Waals surface area (Å²) >= 11 is 0. The molecule has 2 nitrogen and oxygen atoms in total. The second kappa shape index (κ2) is 7.90. The van der Waals surface area contributed by atoms with Gasteiger partial charge >= 0.3 is 0 Å². The highest BCUT2D eigenvalue weighted by molar-refractivity contribution is 6.12. The summed E-state index contributed by atoms with van der Waals surface area (Å²) < 4.78 is 0. The van der Waals surface area contributed by atoms with Gasteiger partial charge < -0.3 is 4.90 Å². The molecule has 0 radical (unpaired) electrons. The van der Waals surface area contributed by atoms with Crippen LogP contribution in [0.3, 0.4) is 0 Å². The Morgan fingerprint density at radius 1 is 1.12 bits per heavy atom. The average Bonchev–Trinajstić information content (AvgIpc) is 2.60. The Morgan fingerprint density at radius 3 is 2.19 bits per heavy atom. The van der Waals surface area contributed by atoms with Crippen molar-refractivity contribution in [3.05, 3.63) is 77.0 Å². The topological polar surface area (TPSA) is 15.6 Å². The van der Waals surface area contributed by atoms with Crippen molar-refractivity contribution in [2.24, 2.45) is 4.99 Å². The number of anilines is 1. The largest absolute Gasteiger partial charge is 0.302 e. The zero-order valence-corrected chi connectivity index (χ0v) is 17.4. The number of hydrogen-bond acceptors (Lipinski definition) is 1. The minimum Gasteiger partial charge on any atom is -0.302 e. The van der Waals surface area contributed by atoms with Crippen LogP contribution in [-0.2, 0) is 5.41 Å². The molecular weight excluding hydrogens is 316 g/mol. The summed E-state index contributed by atoms with van der Waals surface area (Å²) in [6.07, 6.45) is 2.94. The summed E-state index contributed by atoms with van der Waals surface area (Å²) in [5.74, 6) is 0.937. The normalized spacial score (nSPS) is 12.2. The lowest BCUT2D eigenvalue weighted by atomic mass is 9.79. The van der Waals surface area contributed by atoms with Crippen molar-refractivity contribution in [2.75, 3.05) is 11.9 Å². The number of aryl methyl sites for hydroxylation is 3. The predicted octanol–water partition coefficient (Wildman–Crippen LogP) is 6.33. The van der Waals surface area contributed by atoms with Gasteiger partial charge in [-0.3, -0.25) is 4.99 Å². The van der Waals surface area contributed by atoms with Crippen molar-refractivity contribution in [3.63, 3.8) is 0 Å². The number of amidine groups is 1. The Bertz CT molecular complexity index is 805. The molecule has 0 N–H and O–H groups in total. The second-order valence-corrected chi connectivity index (χ2v) is 7.63. The lowest BCUT2D eigenvalue weighted by molar-refractivity contribution is 0.505. The van der Waals surface area contributed by atoms with Crippen molar-refractivity contribution in [2.45, 2.75) is 53.4 Å². The third-order valence-corrected chi connectivity index (χ3v) is 5.28. The van der Waals surface area contributed by atoms with E-state index in [-0.39, 0.29) is 5.41 Å². The van der Waals surface area contributed by atoms with E-state index in [1.54, 1.807) is 0 Å². The first-order valence-electron chi connectivity index (χ1n) is 9.33. The Labute approximate surface area is 159 Å². The molecule has 0 aliphatic carbocycles. The van der Waals surface area contributed by atoms with Crippen molar-refractivity contribution >= 4 is 11.5 Å². The monoisotopic (exact) mass is 348 g/mol. The van der Waals surface area contributed by atoms with E-state index in [0.29, 0.717) is 0 Å². The molecule has 0 fully saturated rings. The summed E-state index contributed by atoms with van der Waals surface area (Å²) in [4.78, 5) is 6.82. The predicted molar refractivity (Wildman–Crippen MR) is 116 cm³/mol. The molecule has 138 valence electrons. The number of rotatable bonds is 5. The average molecular weight is 349 g/mol. The van der Waals surface area contributed by atoms with Crippen LogP contribution >= 0.6 is 0 Å². The molecule has 2 heteroatoms. The third kappa shape index (κ3) is 3.75. The van der Waals surface area contributed by atoms with Crippen molar-refractivity contribution in [3.8, 4) is 0 Å². The van der Waals surface area contributed by atoms with Gasteiger partial charge in [-0.15, -0.1) is 0 Å². The smallest absolute Gasteiger partial charge is 0.139 e. The van der Waals surface area contributed by atoms with E-state index in [4.69, 9.17) is 4.99 Å². The van der Waals surface area contributed by atoms with Crippen LogP contribution in [0.1, 0.15) is 55.0 Å². The highest BCUT2D eigenvalue weighted by Gasteiger charge is 2.26. The van der Waals surface area contributed by atoms with Gasteiger partial charge in [0.25, 0.3) is 0 Å². The molecule has 0 unspecified atom stereocenters. The highest BCUT2D eigenvalue weighted by Crippen LogP contribution is 2.33. The molecule has 26 heavy (non-hydrogen) atoms. The molecule has 2 aromatic carbocycles. The molecule has 0 spiro atoms. The zero-order valence-electron chi connectivity index (χ0n) is 17.4. The van der Waals surface area contributed by atoms with E-state index < -0.39 is 0 Å². The van der Waals surface area contributed by atoms with E-state index in [0.717, 1.165) is 17.9 Å². The zero-order chi connectivity index (χ0) is 19.5. The van der Waals surface area contributed by atoms with E-state index >= 15 is 0 Å². The molecule has 0 aliphatic rings. The van der Waals surface area contributed by atoms with Crippen LogP contribution in [-0.4, -0.2) is 12.9 Å². The van der Waals surface area contributed by atoms with Crippen LogP contribution in [0.4, 0.5) is 5.69 Å². The highest BCUT2D eigenvalue weighted by atomic mass is 15.2. The number of aliphatic imine (C=N–C) groups is 1. The van der Waals surface area contributed by atoms with Gasteiger partial charge in [0.15, 0.2) is 0 Å². The van der Waals surface area contributed by atoms with Gasteiger partial charge in [-0.1, -0.05) is 69.3 Å². The fourth-order valence-corrected chi connectivity index (χ4v) is 3.65. The van der Waals surface area contributed by atoms with Gasteiger partial charge in [-0.25, -0.2) is 0 Å². The van der Waals surface area contributed by atoms with Gasteiger partial charge in [0.2, 0.25) is 0 Å². The first kappa shape index (κ1) is 20.0. The molecule has 0 aliphatic heterocycles. The van der Waals surface area contributed by atoms with Gasteiger partial charge in [0.05, 0.1) is 5.69 Å². The van der Waals surface area contributed by atoms with Crippen LogP contribution in [0, 0.1) is 20.8 Å². The maximum atomic E-state index is 4.69. The fraction of sp³-hybridized carbons (Fsp3) is 0.375. The molecular formula is C24H32N2. The number of hydrogen-bond donors (Lipinski definition) is 0. The lowest BCUT2D eigenvalue weighted by Gasteiger charge is -2.31. The molecule has 0 bridgehead atoms. The molecule has 2 rings (SSSR count). The van der Waals surface area contributed by atoms with Crippen LogP contribution in [0.25, 0.3) is 0 Å². The molecule has 0 amide bonds. The fourth-order valence-electron chi connectivity index (χ4n) is 3.65. The van der Waals surface area contributed by atoms with E-state index in [1.165, 1.54) is 27.8 Å². The van der Waals surface area contributed by atoms with Gasteiger partial charge in [-0.05, 0) is 49.3 Å². The molecule has 0 saturated carbocycles. The first-order chi connectivity index (χ1) is 12.3. The summed E-state index contributed by atoms with van der Waals surface area (Å²) in [6.45, 7) is 17.4. The van der Waals surface area contributed by atoms with Crippen LogP contribution in [0.2, 0.25) is 0 Å². The van der Waals surface area contributed by atoms with Crippen LogP contribution < -0.4 is 4.90 Å². The van der Waals surface area contributed by atoms with Gasteiger partial charge in [0.1, 0.15) is 5.84 Å². The maximum Gasteiger partial charge on any atom is 0.139 e. The van der Waals surface area contributed by atoms with Crippen molar-refractivity contribution < 1.29 is 0 Å². The Kier molecular flexibility index (Phi) is 6.07. The van der Waals surface area contributed by atoms with Crippen LogP contribution in [0.5, 0.6) is 0 Å². The van der Waals surface area contributed by atoms with Gasteiger partial charge in [0, 0.05) is 18.8 Å². The van der Waals surface area contributed by atoms with Crippen LogP contribution in [0.15, 0.2) is 54.2 Å². The molecule has 0 aromatic heterocycles. The second-order valence-electron chi connectivity index (χ2n) is 7.63. The van der Waals surface area contributed by atoms with Gasteiger partial charge in [-0.2, -0.15) is 0 Å². The molecule has 0 heterocycles. The van der Waals surface area contributed by atoms with Crippen molar-refractivity contribution in [1.82, 2.24) is 0 Å². The Morgan fingerprint density at radius 2 is 1.69 bits per heavy atom. The lowest BCUT2D eigenvalue weighted by Crippen LogP contribution is -2.31. The summed E-state index contributed by atoms with van der Waals surface area (Å²) in [6, 6.07) is 13.0. The third-order valence-electron chi connectivity index (χ3n) is 5.28. The minimum absolute atomic E-state index is 0.0801. The summed E-state index contributed by atoms with van der Waals surface area (Å²) in [5.41, 5.74) is 7.46. The van der Waals surface area contributed by atoms with E-state index in [2.05, 4.69) is 89.4 Å². The van der Waals surface area contributed by atoms with E-state index in [9.17, 15) is 0 Å². The maximum absolute atomic E-state index is 4.69. The summed E-state index contributed by atoms with van der Waals surface area (Å²) in [5, 5.41) is 0. The quantitative estimate of drug-likeness (QED) is 0.455. The minimum atomic E-state index is 0.0801. The number of benzene rings is 2. The molecule has 2 aromatic rings. The SMILES string of the molecule is C=CN(C(=NC)c1ccccc1C(C)(C)CC)c1c(C)cc(C)cc1C. The molecule has 0 saturated heterocycles. The standard InChI is InChI=1S/C24H32N2/c1-9-24(6,7)21-14-12-11-13-20(21)23(25-8)26(10-2)22-18(4)15-17(3)16-19(22)5/h10-16H,2,9H2,1,3-8H3. The van der Waals surface area contributed by atoms with Crippen molar-refractivity contribution in [1.29, 1.82) is 0 Å². The van der Waals surface area contributed by atoms with E-state index in [1.807, 2.05) is 13.2 Å².